The zero-order valence-electron chi connectivity index (χ0n) is 10.6. The molecule has 0 radical (unpaired) electrons. The fraction of sp³-hybridized carbons (Fsp3) is 0.818. The normalized spacial score (nSPS) is 12.5. The van der Waals surface area contributed by atoms with Gasteiger partial charge in [-0.1, -0.05) is 0 Å². The molecule has 0 aromatic carbocycles. The molecule has 0 saturated carbocycles. The highest BCUT2D eigenvalue weighted by atomic mass is 16.5. The highest BCUT2D eigenvalue weighted by Gasteiger charge is 2.19. The van der Waals surface area contributed by atoms with Crippen LogP contribution in [0.1, 0.15) is 26.7 Å². The Morgan fingerprint density at radius 2 is 2.00 bits per heavy atom. The maximum absolute atomic E-state index is 11.4. The summed E-state index contributed by atoms with van der Waals surface area (Å²) in [6.07, 6.45) is 0.868. The third-order valence-corrected chi connectivity index (χ3v) is 2.02. The average molecular weight is 247 g/mol. The van der Waals surface area contributed by atoms with Gasteiger partial charge in [-0.05, 0) is 26.7 Å². The zero-order chi connectivity index (χ0) is 13.3. The molecule has 1 amide bonds. The van der Waals surface area contributed by atoms with E-state index in [9.17, 15) is 9.59 Å². The van der Waals surface area contributed by atoms with Gasteiger partial charge in [-0.25, -0.2) is 4.79 Å². The van der Waals surface area contributed by atoms with E-state index in [4.69, 9.17) is 14.6 Å². The molecule has 0 heterocycles. The molecule has 0 bridgehead atoms. The number of carbonyl (C=O) groups excluding carboxylic acids is 1. The molecule has 0 saturated heterocycles. The topological polar surface area (TPSA) is 84.9 Å². The summed E-state index contributed by atoms with van der Waals surface area (Å²) < 4.78 is 9.91. The van der Waals surface area contributed by atoms with E-state index in [0.717, 1.165) is 0 Å². The minimum Gasteiger partial charge on any atom is -0.480 e. The molecule has 0 aromatic heterocycles. The van der Waals surface area contributed by atoms with Gasteiger partial charge in [0.25, 0.3) is 0 Å². The van der Waals surface area contributed by atoms with Crippen molar-refractivity contribution in [3.05, 3.63) is 0 Å². The van der Waals surface area contributed by atoms with E-state index in [2.05, 4.69) is 5.32 Å². The molecule has 17 heavy (non-hydrogen) atoms. The summed E-state index contributed by atoms with van der Waals surface area (Å²) in [6.45, 7) is 3.97. The van der Waals surface area contributed by atoms with Crippen LogP contribution in [0.5, 0.6) is 0 Å². The van der Waals surface area contributed by atoms with Crippen LogP contribution in [0.3, 0.4) is 0 Å². The monoisotopic (exact) mass is 247 g/mol. The second-order valence-electron chi connectivity index (χ2n) is 3.95. The van der Waals surface area contributed by atoms with Crippen LogP contribution in [0.15, 0.2) is 0 Å². The van der Waals surface area contributed by atoms with E-state index in [1.807, 2.05) is 0 Å². The van der Waals surface area contributed by atoms with E-state index in [0.29, 0.717) is 19.4 Å². The van der Waals surface area contributed by atoms with Crippen LogP contribution in [0, 0.1) is 0 Å². The van der Waals surface area contributed by atoms with Crippen molar-refractivity contribution in [2.24, 2.45) is 0 Å². The van der Waals surface area contributed by atoms with Gasteiger partial charge < -0.3 is 19.9 Å². The molecule has 0 aromatic rings. The summed E-state index contributed by atoms with van der Waals surface area (Å²) in [4.78, 5) is 22.2. The number of carboxylic acid groups (broad SMARTS) is 1. The third kappa shape index (κ3) is 8.65. The number of hydrogen-bond donors (Lipinski definition) is 2. The van der Waals surface area contributed by atoms with Crippen molar-refractivity contribution in [3.8, 4) is 0 Å². The van der Waals surface area contributed by atoms with Crippen LogP contribution in [-0.2, 0) is 19.1 Å². The average Bonchev–Trinajstić information content (AvgIpc) is 2.25. The Bertz CT molecular complexity index is 242. The summed E-state index contributed by atoms with van der Waals surface area (Å²) in [5.41, 5.74) is 0. The zero-order valence-corrected chi connectivity index (χ0v) is 10.6. The molecule has 1 unspecified atom stereocenters. The van der Waals surface area contributed by atoms with E-state index in [-0.39, 0.29) is 12.7 Å². The van der Waals surface area contributed by atoms with Gasteiger partial charge in [-0.15, -0.1) is 0 Å². The summed E-state index contributed by atoms with van der Waals surface area (Å²) in [5.74, 6) is -1.46. The minimum atomic E-state index is -1.04. The van der Waals surface area contributed by atoms with Gasteiger partial charge >= 0.3 is 5.97 Å². The van der Waals surface area contributed by atoms with Crippen molar-refractivity contribution in [2.45, 2.75) is 38.8 Å². The van der Waals surface area contributed by atoms with Gasteiger partial charge in [-0.3, -0.25) is 4.79 Å². The molecule has 2 N–H and O–H groups in total. The highest BCUT2D eigenvalue weighted by Crippen LogP contribution is 1.98. The smallest absolute Gasteiger partial charge is 0.326 e. The van der Waals surface area contributed by atoms with E-state index < -0.39 is 17.9 Å². The SMILES string of the molecule is COCCCC(NC(=O)COC(C)C)C(=O)O. The van der Waals surface area contributed by atoms with Crippen LogP contribution in [-0.4, -0.2) is 49.5 Å². The number of aliphatic carboxylic acids is 1. The maximum Gasteiger partial charge on any atom is 0.326 e. The second-order valence-corrected chi connectivity index (χ2v) is 3.95. The van der Waals surface area contributed by atoms with Crippen LogP contribution in [0.4, 0.5) is 0 Å². The highest BCUT2D eigenvalue weighted by molar-refractivity contribution is 5.84. The van der Waals surface area contributed by atoms with Crippen molar-refractivity contribution >= 4 is 11.9 Å². The standard InChI is InChI=1S/C11H21NO5/c1-8(2)17-7-10(13)12-9(11(14)15)5-4-6-16-3/h8-9H,4-7H2,1-3H3,(H,12,13)(H,14,15). The van der Waals surface area contributed by atoms with Gasteiger partial charge in [0.1, 0.15) is 12.6 Å². The predicted molar refractivity (Wildman–Crippen MR) is 61.8 cm³/mol. The Balaban J connectivity index is 3.98. The van der Waals surface area contributed by atoms with E-state index in [1.165, 1.54) is 0 Å². The fourth-order valence-electron chi connectivity index (χ4n) is 1.17. The molecule has 100 valence electrons. The molecule has 0 aliphatic heterocycles. The van der Waals surface area contributed by atoms with Crippen molar-refractivity contribution < 1.29 is 24.2 Å². The molecule has 0 aliphatic rings. The molecule has 6 heteroatoms. The number of carboxylic acids is 1. The van der Waals surface area contributed by atoms with Crippen molar-refractivity contribution in [2.75, 3.05) is 20.3 Å². The first-order chi connectivity index (χ1) is 7.97. The van der Waals surface area contributed by atoms with Crippen LogP contribution < -0.4 is 5.32 Å². The Morgan fingerprint density at radius 1 is 1.35 bits per heavy atom. The Hall–Kier alpha value is -1.14. The Morgan fingerprint density at radius 3 is 2.47 bits per heavy atom. The molecule has 0 rings (SSSR count). The van der Waals surface area contributed by atoms with Crippen molar-refractivity contribution in [1.29, 1.82) is 0 Å². The number of nitrogens with one attached hydrogen (secondary N) is 1. The number of rotatable bonds is 9. The van der Waals surface area contributed by atoms with Gasteiger partial charge in [0.2, 0.25) is 5.91 Å². The lowest BCUT2D eigenvalue weighted by atomic mass is 10.1. The predicted octanol–water partition coefficient (Wildman–Crippen LogP) is 0.407. The minimum absolute atomic E-state index is 0.0579. The molecular formula is C11H21NO5. The lowest BCUT2D eigenvalue weighted by molar-refractivity contribution is -0.143. The number of carbonyl (C=O) groups is 2. The van der Waals surface area contributed by atoms with E-state index >= 15 is 0 Å². The summed E-state index contributed by atoms with van der Waals surface area (Å²) in [7, 11) is 1.55. The third-order valence-electron chi connectivity index (χ3n) is 2.02. The van der Waals surface area contributed by atoms with Crippen LogP contribution >= 0.6 is 0 Å². The lowest BCUT2D eigenvalue weighted by Gasteiger charge is -2.15. The van der Waals surface area contributed by atoms with Crippen molar-refractivity contribution in [1.82, 2.24) is 5.32 Å². The molecule has 6 nitrogen and oxygen atoms in total. The summed E-state index contributed by atoms with van der Waals surface area (Å²) >= 11 is 0. The molecular weight excluding hydrogens is 226 g/mol. The Kier molecular flexibility index (Phi) is 8.35. The second kappa shape index (κ2) is 8.95. The van der Waals surface area contributed by atoms with Crippen molar-refractivity contribution in [3.63, 3.8) is 0 Å². The number of amides is 1. The Labute approximate surface area is 101 Å². The maximum atomic E-state index is 11.4. The van der Waals surface area contributed by atoms with Gasteiger partial charge in [0, 0.05) is 13.7 Å². The van der Waals surface area contributed by atoms with Crippen LogP contribution in [0.2, 0.25) is 0 Å². The number of ether oxygens (including phenoxy) is 2. The van der Waals surface area contributed by atoms with Gasteiger partial charge in [0.05, 0.1) is 6.10 Å². The lowest BCUT2D eigenvalue weighted by Crippen LogP contribution is -2.42. The fourth-order valence-corrected chi connectivity index (χ4v) is 1.17. The van der Waals surface area contributed by atoms with E-state index in [1.54, 1.807) is 21.0 Å². The molecule has 0 fully saturated rings. The quantitative estimate of drug-likeness (QED) is 0.576. The largest absolute Gasteiger partial charge is 0.480 e. The molecule has 1 atom stereocenters. The molecule has 0 spiro atoms. The summed E-state index contributed by atoms with van der Waals surface area (Å²) in [6, 6.07) is -0.881. The molecule has 0 aliphatic carbocycles. The first-order valence-corrected chi connectivity index (χ1v) is 5.60. The van der Waals surface area contributed by atoms with Gasteiger partial charge in [0.15, 0.2) is 0 Å². The first kappa shape index (κ1) is 15.9. The van der Waals surface area contributed by atoms with Crippen LogP contribution in [0.25, 0.3) is 0 Å². The summed E-state index contributed by atoms with van der Waals surface area (Å²) in [5, 5.41) is 11.3. The first-order valence-electron chi connectivity index (χ1n) is 5.60. The van der Waals surface area contributed by atoms with Gasteiger partial charge in [-0.2, -0.15) is 0 Å². The number of methoxy groups -OCH3 is 1. The number of hydrogen-bond acceptors (Lipinski definition) is 4.